The lowest BCUT2D eigenvalue weighted by Crippen LogP contribution is -2.50. The third kappa shape index (κ3) is 13.7. The molecule has 0 radical (unpaired) electrons. The van der Waals surface area contributed by atoms with Gasteiger partial charge in [0.25, 0.3) is 5.91 Å². The molecule has 0 unspecified atom stereocenters. The summed E-state index contributed by atoms with van der Waals surface area (Å²) in [5, 5.41) is 0.506. The summed E-state index contributed by atoms with van der Waals surface area (Å²) in [4.78, 5) is 44.9. The van der Waals surface area contributed by atoms with Gasteiger partial charge in [0.15, 0.2) is 0 Å². The standard InChI is InChI=1S/C16H26N4O9S.C16H36N/c1-16(2,3)27-15(23)18-7-6-11(9-18)28-17-13(21)12-5-4-10-8-19(12)14(22)20(10)29-30(24,25)26;1-5-9-13-17(14-10-6-2,15-11-7-3)16-12-8-4/h10-12H,4-9H2,1-3H3,(H,17,21)(H,24,25,26);5-16H2,1-4H3/q;+1/p-1/t10-,11+,12+;/m1./s1. The molecule has 0 saturated carbocycles. The van der Waals surface area contributed by atoms with E-state index in [0.717, 1.165) is 4.90 Å². The molecule has 0 aromatic heterocycles. The topological polar surface area (TPSA) is 158 Å². The fourth-order valence-electron chi connectivity index (χ4n) is 6.27. The molecule has 3 aliphatic heterocycles. The van der Waals surface area contributed by atoms with Crippen LogP contribution in [0.2, 0.25) is 0 Å². The Kier molecular flexibility index (Phi) is 16.7. The fourth-order valence-corrected chi connectivity index (χ4v) is 6.65. The van der Waals surface area contributed by atoms with Crippen LogP contribution in [0, 0.1) is 0 Å². The van der Waals surface area contributed by atoms with Gasteiger partial charge in [-0.05, 0) is 65.7 Å². The van der Waals surface area contributed by atoms with E-state index in [9.17, 15) is 27.4 Å². The number of ether oxygens (including phenoxy) is 1. The van der Waals surface area contributed by atoms with Crippen LogP contribution >= 0.6 is 0 Å². The molecule has 2 bridgehead atoms. The summed E-state index contributed by atoms with van der Waals surface area (Å²) in [5.41, 5.74) is 1.70. The highest BCUT2D eigenvalue weighted by Crippen LogP contribution is 2.31. The van der Waals surface area contributed by atoms with Crippen molar-refractivity contribution in [1.82, 2.24) is 20.3 Å². The smallest absolute Gasteiger partial charge is 0.410 e. The summed E-state index contributed by atoms with van der Waals surface area (Å²) in [6.07, 6.45) is 11.2. The summed E-state index contributed by atoms with van der Waals surface area (Å²) < 4.78 is 43.4. The van der Waals surface area contributed by atoms with Crippen molar-refractivity contribution in [2.24, 2.45) is 0 Å². The molecule has 14 nitrogen and oxygen atoms in total. The molecule has 47 heavy (non-hydrogen) atoms. The Labute approximate surface area is 282 Å². The van der Waals surface area contributed by atoms with Crippen LogP contribution in [0.3, 0.4) is 0 Å². The molecule has 0 aliphatic carbocycles. The van der Waals surface area contributed by atoms with Crippen LogP contribution in [0.4, 0.5) is 9.59 Å². The van der Waals surface area contributed by atoms with Gasteiger partial charge >= 0.3 is 12.1 Å². The number of amides is 4. The van der Waals surface area contributed by atoms with Crippen LogP contribution in [0.15, 0.2) is 0 Å². The van der Waals surface area contributed by atoms with Gasteiger partial charge in [-0.3, -0.25) is 9.63 Å². The molecule has 274 valence electrons. The Morgan fingerprint density at radius 3 is 1.89 bits per heavy atom. The number of unbranched alkanes of at least 4 members (excludes halogenated alkanes) is 4. The second kappa shape index (κ2) is 19.1. The first-order valence-corrected chi connectivity index (χ1v) is 19.0. The number of piperidine rings is 1. The van der Waals surface area contributed by atoms with Crippen LogP contribution in [-0.2, 0) is 29.1 Å². The molecule has 0 spiro atoms. The zero-order valence-corrected chi connectivity index (χ0v) is 30.6. The van der Waals surface area contributed by atoms with Gasteiger partial charge in [-0.2, -0.15) is 9.35 Å². The number of nitrogens with one attached hydrogen (secondary N) is 1. The van der Waals surface area contributed by atoms with E-state index in [0.29, 0.717) is 18.0 Å². The summed E-state index contributed by atoms with van der Waals surface area (Å²) in [6, 6.07) is -2.38. The van der Waals surface area contributed by atoms with Crippen molar-refractivity contribution in [3.8, 4) is 0 Å². The van der Waals surface area contributed by atoms with Gasteiger partial charge < -0.3 is 23.6 Å². The third-order valence-electron chi connectivity index (χ3n) is 8.86. The van der Waals surface area contributed by atoms with Gasteiger partial charge in [0.2, 0.25) is 10.4 Å². The fraction of sp³-hybridized carbons (Fsp3) is 0.906. The molecule has 3 saturated heterocycles. The second-order valence-corrected chi connectivity index (χ2v) is 15.0. The molecule has 1 N–H and O–H groups in total. The Morgan fingerprint density at radius 2 is 1.43 bits per heavy atom. The number of nitrogens with zero attached hydrogens (tertiary/aromatic N) is 4. The molecule has 3 aliphatic rings. The van der Waals surface area contributed by atoms with E-state index in [1.54, 1.807) is 20.8 Å². The Morgan fingerprint density at radius 1 is 0.894 bits per heavy atom. The zero-order chi connectivity index (χ0) is 35.3. The highest BCUT2D eigenvalue weighted by Gasteiger charge is 2.49. The van der Waals surface area contributed by atoms with E-state index in [2.05, 4.69) is 37.5 Å². The van der Waals surface area contributed by atoms with Gasteiger partial charge in [-0.1, -0.05) is 53.4 Å². The Hall–Kier alpha value is -2.20. The van der Waals surface area contributed by atoms with Gasteiger partial charge in [0, 0.05) is 13.1 Å². The van der Waals surface area contributed by atoms with Crippen molar-refractivity contribution in [2.45, 2.75) is 143 Å². The van der Waals surface area contributed by atoms with Crippen molar-refractivity contribution in [2.75, 3.05) is 45.8 Å². The van der Waals surface area contributed by atoms with Crippen LogP contribution in [0.1, 0.15) is 119 Å². The first kappa shape index (κ1) is 41.0. The molecule has 15 heteroatoms. The van der Waals surface area contributed by atoms with Gasteiger partial charge in [0.05, 0.1) is 38.8 Å². The van der Waals surface area contributed by atoms with Crippen molar-refractivity contribution in [3.05, 3.63) is 0 Å². The first-order valence-electron chi connectivity index (χ1n) is 17.6. The number of hydrogen-bond acceptors (Lipinski definition) is 9. The van der Waals surface area contributed by atoms with Crippen LogP contribution in [0.25, 0.3) is 0 Å². The van der Waals surface area contributed by atoms with Crippen molar-refractivity contribution < 1.29 is 45.7 Å². The van der Waals surface area contributed by atoms with E-state index in [-0.39, 0.29) is 25.9 Å². The maximum atomic E-state index is 12.5. The summed E-state index contributed by atoms with van der Waals surface area (Å²) in [7, 11) is -5.10. The van der Waals surface area contributed by atoms with Crippen molar-refractivity contribution in [1.29, 1.82) is 0 Å². The number of fused-ring (bicyclic) bond motifs is 2. The van der Waals surface area contributed by atoms with Gasteiger partial charge in [-0.15, -0.1) is 0 Å². The van der Waals surface area contributed by atoms with Crippen LogP contribution in [0.5, 0.6) is 0 Å². The van der Waals surface area contributed by atoms with Gasteiger partial charge in [0.1, 0.15) is 17.7 Å². The van der Waals surface area contributed by atoms with E-state index < -0.39 is 52.2 Å². The minimum atomic E-state index is -5.10. The number of hydrogen-bond donors (Lipinski definition) is 1. The predicted molar refractivity (Wildman–Crippen MR) is 176 cm³/mol. The van der Waals surface area contributed by atoms with E-state index in [1.165, 1.54) is 86.9 Å². The monoisotopic (exact) mass is 691 g/mol. The summed E-state index contributed by atoms with van der Waals surface area (Å²) in [5.74, 6) is -0.579. The van der Waals surface area contributed by atoms with E-state index >= 15 is 0 Å². The Balaban J connectivity index is 0.000000387. The first-order chi connectivity index (χ1) is 22.1. The molecule has 0 aromatic carbocycles. The van der Waals surface area contributed by atoms with E-state index in [1.807, 2.05) is 0 Å². The average molecular weight is 692 g/mol. The number of hydroxylamine groups is 3. The maximum Gasteiger partial charge on any atom is 0.410 e. The molecular formula is C32H61N5O9S. The Bertz CT molecular complexity index is 1060. The lowest BCUT2D eigenvalue weighted by atomic mass is 10.0. The van der Waals surface area contributed by atoms with Crippen LogP contribution in [-0.4, -0.2) is 120 Å². The molecule has 3 rings (SSSR count). The lowest BCUT2D eigenvalue weighted by Gasteiger charge is -2.39. The number of urea groups is 1. The lowest BCUT2D eigenvalue weighted by molar-refractivity contribution is -0.929. The zero-order valence-electron chi connectivity index (χ0n) is 29.8. The quantitative estimate of drug-likeness (QED) is 0.0987. The SMILES string of the molecule is CC(C)(C)OC(=O)N1CC[C@H](ONC(=O)[C@@H]2CC[C@@H]3CN2C(=O)N3OS(=O)(=O)[O-])C1.CCCC[N+](CCCC)(CCCC)CCCC. The number of rotatable bonds is 17. The molecule has 0 aromatic rings. The molecular weight excluding hydrogens is 630 g/mol. The molecule has 3 atom stereocenters. The normalized spacial score (nSPS) is 21.5. The summed E-state index contributed by atoms with van der Waals surface area (Å²) in [6.45, 7) is 21.0. The van der Waals surface area contributed by atoms with E-state index in [4.69, 9.17) is 9.57 Å². The number of carbonyl (C=O) groups is 3. The third-order valence-corrected chi connectivity index (χ3v) is 9.21. The minimum Gasteiger partial charge on any atom is -0.724 e. The largest absolute Gasteiger partial charge is 0.724 e. The summed E-state index contributed by atoms with van der Waals surface area (Å²) >= 11 is 0. The number of carbonyl (C=O) groups excluding carboxylic acids is 3. The van der Waals surface area contributed by atoms with Gasteiger partial charge in [-0.25, -0.2) is 23.5 Å². The molecule has 3 heterocycles. The van der Waals surface area contributed by atoms with Crippen molar-refractivity contribution in [3.63, 3.8) is 0 Å². The maximum absolute atomic E-state index is 12.5. The number of quaternary nitrogens is 1. The minimum absolute atomic E-state index is 0.0578. The molecule has 3 fully saturated rings. The molecule has 4 amide bonds. The second-order valence-electron chi connectivity index (χ2n) is 14.1. The van der Waals surface area contributed by atoms with Crippen molar-refractivity contribution >= 4 is 28.4 Å². The highest BCUT2D eigenvalue weighted by atomic mass is 32.3. The average Bonchev–Trinajstić information content (AvgIpc) is 3.57. The predicted octanol–water partition coefficient (Wildman–Crippen LogP) is 4.71. The highest BCUT2D eigenvalue weighted by molar-refractivity contribution is 7.80. The van der Waals surface area contributed by atoms with Crippen LogP contribution < -0.4 is 5.48 Å². The number of likely N-dealkylation sites (tertiary alicyclic amines) is 1.